The number of para-hydroxylation sites is 1. The van der Waals surface area contributed by atoms with Gasteiger partial charge in [-0.2, -0.15) is 0 Å². The Morgan fingerprint density at radius 2 is 2.17 bits per heavy atom. The maximum absolute atomic E-state index is 12.5. The number of aromatic nitrogens is 1. The highest BCUT2D eigenvalue weighted by Crippen LogP contribution is 2.48. The summed E-state index contributed by atoms with van der Waals surface area (Å²) in [4.78, 5) is 29.5. The molecule has 1 fully saturated rings. The van der Waals surface area contributed by atoms with Gasteiger partial charge in [-0.3, -0.25) is 0 Å². The SMILES string of the molecule is CCOC(=O)C1(Sc2nc3ccccc3s2)CC(C)(C)OC1=O. The van der Waals surface area contributed by atoms with Crippen molar-refractivity contribution in [1.82, 2.24) is 4.98 Å². The molecule has 0 aliphatic carbocycles. The zero-order chi connectivity index (χ0) is 16.7. The summed E-state index contributed by atoms with van der Waals surface area (Å²) in [6, 6.07) is 7.71. The lowest BCUT2D eigenvalue weighted by Crippen LogP contribution is -2.41. The van der Waals surface area contributed by atoms with E-state index in [1.54, 1.807) is 20.8 Å². The Hall–Kier alpha value is -1.60. The van der Waals surface area contributed by atoms with Crippen molar-refractivity contribution >= 4 is 45.3 Å². The third-order valence-corrected chi connectivity index (χ3v) is 5.94. The number of nitrogens with zero attached hydrogens (tertiary/aromatic N) is 1. The Morgan fingerprint density at radius 3 is 2.78 bits per heavy atom. The van der Waals surface area contributed by atoms with Crippen molar-refractivity contribution in [3.8, 4) is 0 Å². The quantitative estimate of drug-likeness (QED) is 0.621. The fourth-order valence-corrected chi connectivity index (χ4v) is 5.30. The van der Waals surface area contributed by atoms with Gasteiger partial charge in [0.1, 0.15) is 5.60 Å². The normalized spacial score (nSPS) is 23.0. The van der Waals surface area contributed by atoms with E-state index in [4.69, 9.17) is 9.47 Å². The van der Waals surface area contributed by atoms with Gasteiger partial charge >= 0.3 is 11.9 Å². The Morgan fingerprint density at radius 1 is 1.43 bits per heavy atom. The molecule has 23 heavy (non-hydrogen) atoms. The van der Waals surface area contributed by atoms with Crippen molar-refractivity contribution in [2.24, 2.45) is 0 Å². The van der Waals surface area contributed by atoms with Crippen molar-refractivity contribution in [1.29, 1.82) is 0 Å². The van der Waals surface area contributed by atoms with Gasteiger partial charge in [-0.05, 0) is 32.9 Å². The van der Waals surface area contributed by atoms with E-state index in [1.807, 2.05) is 24.3 Å². The predicted octanol–water partition coefficient (Wildman–Crippen LogP) is 3.42. The number of hydrogen-bond acceptors (Lipinski definition) is 7. The first-order chi connectivity index (χ1) is 10.9. The van der Waals surface area contributed by atoms with Crippen molar-refractivity contribution in [2.75, 3.05) is 6.61 Å². The summed E-state index contributed by atoms with van der Waals surface area (Å²) in [5, 5.41) is 0. The van der Waals surface area contributed by atoms with Crippen LogP contribution >= 0.6 is 23.1 Å². The van der Waals surface area contributed by atoms with Crippen LogP contribution < -0.4 is 0 Å². The molecule has 1 unspecified atom stereocenters. The topological polar surface area (TPSA) is 65.5 Å². The molecule has 1 aliphatic heterocycles. The number of fused-ring (bicyclic) bond motifs is 1. The summed E-state index contributed by atoms with van der Waals surface area (Å²) in [6.45, 7) is 5.53. The molecule has 0 radical (unpaired) electrons. The first-order valence-corrected chi connectivity index (χ1v) is 8.95. The van der Waals surface area contributed by atoms with E-state index in [0.29, 0.717) is 4.34 Å². The van der Waals surface area contributed by atoms with Crippen molar-refractivity contribution in [2.45, 2.75) is 41.9 Å². The number of rotatable bonds is 4. The van der Waals surface area contributed by atoms with Crippen LogP contribution in [0.25, 0.3) is 10.2 Å². The number of cyclic esters (lactones) is 1. The Kier molecular flexibility index (Phi) is 4.10. The first-order valence-electron chi connectivity index (χ1n) is 7.31. The van der Waals surface area contributed by atoms with Crippen molar-refractivity contribution < 1.29 is 19.1 Å². The van der Waals surface area contributed by atoms with Gasteiger partial charge in [-0.25, -0.2) is 14.6 Å². The van der Waals surface area contributed by atoms with Gasteiger partial charge in [-0.15, -0.1) is 11.3 Å². The van der Waals surface area contributed by atoms with Gasteiger partial charge < -0.3 is 9.47 Å². The fourth-order valence-electron chi connectivity index (χ4n) is 2.61. The number of thioether (sulfide) groups is 1. The molecule has 0 bridgehead atoms. The van der Waals surface area contributed by atoms with Gasteiger partial charge in [0.15, 0.2) is 4.34 Å². The lowest BCUT2D eigenvalue weighted by atomic mass is 9.97. The maximum Gasteiger partial charge on any atom is 0.334 e. The Labute approximate surface area is 142 Å². The molecule has 5 nitrogen and oxygen atoms in total. The number of esters is 2. The average Bonchev–Trinajstić information content (AvgIpc) is 2.97. The summed E-state index contributed by atoms with van der Waals surface area (Å²) < 4.78 is 10.8. The molecular weight excluding hydrogens is 334 g/mol. The minimum atomic E-state index is -1.38. The number of ether oxygens (including phenoxy) is 2. The largest absolute Gasteiger partial charge is 0.464 e. The fraction of sp³-hybridized carbons (Fsp3) is 0.438. The molecule has 1 atom stereocenters. The Bertz CT molecular complexity index is 737. The molecule has 0 N–H and O–H groups in total. The number of hydrogen-bond donors (Lipinski definition) is 0. The summed E-state index contributed by atoms with van der Waals surface area (Å²) in [6.07, 6.45) is 0.262. The summed E-state index contributed by atoms with van der Waals surface area (Å²) in [5.74, 6) is -1.11. The molecule has 1 aromatic carbocycles. The molecule has 7 heteroatoms. The smallest absolute Gasteiger partial charge is 0.334 e. The summed E-state index contributed by atoms with van der Waals surface area (Å²) in [7, 11) is 0. The third kappa shape index (κ3) is 2.95. The predicted molar refractivity (Wildman–Crippen MR) is 89.6 cm³/mol. The molecule has 0 saturated carbocycles. The van der Waals surface area contributed by atoms with E-state index < -0.39 is 22.3 Å². The highest BCUT2D eigenvalue weighted by atomic mass is 32.2. The first kappa shape index (κ1) is 16.3. The standard InChI is InChI=1S/C16H17NO4S2/c1-4-20-12(18)16(9-15(2,3)21-13(16)19)23-14-17-10-7-5-6-8-11(10)22-14/h5-8H,4,9H2,1-3H3. The van der Waals surface area contributed by atoms with E-state index in [-0.39, 0.29) is 13.0 Å². The second-order valence-electron chi connectivity index (χ2n) is 5.92. The van der Waals surface area contributed by atoms with Gasteiger partial charge in [0.2, 0.25) is 4.75 Å². The van der Waals surface area contributed by atoms with Crippen LogP contribution in [0.3, 0.4) is 0 Å². The van der Waals surface area contributed by atoms with E-state index in [0.717, 1.165) is 22.0 Å². The van der Waals surface area contributed by atoms with Crippen molar-refractivity contribution in [3.63, 3.8) is 0 Å². The number of benzene rings is 1. The third-order valence-electron chi connectivity index (χ3n) is 3.51. The molecule has 1 saturated heterocycles. The van der Waals surface area contributed by atoms with Crippen LogP contribution in [0, 0.1) is 0 Å². The van der Waals surface area contributed by atoms with Crippen LogP contribution in [-0.2, 0) is 19.1 Å². The highest BCUT2D eigenvalue weighted by molar-refractivity contribution is 8.03. The maximum atomic E-state index is 12.5. The molecule has 1 aliphatic rings. The second-order valence-corrected chi connectivity index (χ2v) is 8.50. The molecule has 1 aromatic heterocycles. The molecule has 122 valence electrons. The zero-order valence-corrected chi connectivity index (χ0v) is 14.8. The van der Waals surface area contributed by atoms with E-state index in [1.165, 1.54) is 11.3 Å². The zero-order valence-electron chi connectivity index (χ0n) is 13.1. The number of thiazole rings is 1. The molecule has 0 spiro atoms. The van der Waals surface area contributed by atoms with Crippen LogP contribution in [0.15, 0.2) is 28.6 Å². The average molecular weight is 351 g/mol. The van der Waals surface area contributed by atoms with Crippen molar-refractivity contribution in [3.05, 3.63) is 24.3 Å². The lowest BCUT2D eigenvalue weighted by Gasteiger charge is -2.21. The molecular formula is C16H17NO4S2. The van der Waals surface area contributed by atoms with E-state index in [9.17, 15) is 9.59 Å². The molecule has 0 amide bonds. The van der Waals surface area contributed by atoms with Gasteiger partial charge in [-0.1, -0.05) is 23.9 Å². The van der Waals surface area contributed by atoms with Gasteiger partial charge in [0, 0.05) is 6.42 Å². The van der Waals surface area contributed by atoms with Gasteiger partial charge in [0.25, 0.3) is 0 Å². The Balaban J connectivity index is 1.99. The molecule has 3 rings (SSSR count). The lowest BCUT2D eigenvalue weighted by molar-refractivity contribution is -0.155. The minimum Gasteiger partial charge on any atom is -0.464 e. The van der Waals surface area contributed by atoms with Crippen LogP contribution in [0.2, 0.25) is 0 Å². The summed E-state index contributed by atoms with van der Waals surface area (Å²) >= 11 is 2.60. The minimum absolute atomic E-state index is 0.217. The number of carbonyl (C=O) groups is 2. The monoisotopic (exact) mass is 351 g/mol. The van der Waals surface area contributed by atoms with Gasteiger partial charge in [0.05, 0.1) is 16.8 Å². The van der Waals surface area contributed by atoms with E-state index >= 15 is 0 Å². The molecule has 2 aromatic rings. The van der Waals surface area contributed by atoms with E-state index in [2.05, 4.69) is 4.98 Å². The second kappa shape index (κ2) is 5.79. The van der Waals surface area contributed by atoms with Crippen LogP contribution in [0.4, 0.5) is 0 Å². The summed E-state index contributed by atoms with van der Waals surface area (Å²) in [5.41, 5.74) is 0.151. The van der Waals surface area contributed by atoms with Crippen LogP contribution in [-0.4, -0.2) is 33.9 Å². The van der Waals surface area contributed by atoms with Crippen LogP contribution in [0.1, 0.15) is 27.2 Å². The number of carbonyl (C=O) groups excluding carboxylic acids is 2. The van der Waals surface area contributed by atoms with Crippen LogP contribution in [0.5, 0.6) is 0 Å². The molecule has 2 heterocycles. The highest BCUT2D eigenvalue weighted by Gasteiger charge is 2.60.